The van der Waals surface area contributed by atoms with E-state index in [0.717, 1.165) is 10.9 Å². The van der Waals surface area contributed by atoms with E-state index in [1.807, 2.05) is 36.4 Å². The Kier molecular flexibility index (Phi) is 5.76. The summed E-state index contributed by atoms with van der Waals surface area (Å²) in [5.41, 5.74) is 1.32. The minimum atomic E-state index is -0.376. The van der Waals surface area contributed by atoms with E-state index in [2.05, 4.69) is 10.3 Å². The summed E-state index contributed by atoms with van der Waals surface area (Å²) in [6.07, 6.45) is 2.34. The average molecular weight is 351 g/mol. The van der Waals surface area contributed by atoms with Crippen molar-refractivity contribution in [2.45, 2.75) is 13.0 Å². The third kappa shape index (κ3) is 3.97. The molecule has 0 aliphatic rings. The van der Waals surface area contributed by atoms with Crippen molar-refractivity contribution in [3.63, 3.8) is 0 Å². The number of fused-ring (bicyclic) bond motifs is 1. The molecule has 2 aromatic heterocycles. The Morgan fingerprint density at radius 1 is 1.19 bits per heavy atom. The summed E-state index contributed by atoms with van der Waals surface area (Å²) in [4.78, 5) is 29.8. The van der Waals surface area contributed by atoms with E-state index >= 15 is 0 Å². The molecule has 0 aliphatic carbocycles. The summed E-state index contributed by atoms with van der Waals surface area (Å²) >= 11 is 0. The quantitative estimate of drug-likeness (QED) is 0.663. The second kappa shape index (κ2) is 8.40. The van der Waals surface area contributed by atoms with Gasteiger partial charge in [-0.2, -0.15) is 0 Å². The smallest absolute Gasteiger partial charge is 0.265 e. The number of nitrogens with one attached hydrogen (secondary N) is 1. The van der Waals surface area contributed by atoms with E-state index in [9.17, 15) is 9.59 Å². The van der Waals surface area contributed by atoms with Crippen LogP contribution in [0.15, 0.2) is 59.5 Å². The molecule has 6 heteroatoms. The van der Waals surface area contributed by atoms with Crippen molar-refractivity contribution < 1.29 is 9.53 Å². The van der Waals surface area contributed by atoms with Gasteiger partial charge in [-0.15, -0.1) is 0 Å². The van der Waals surface area contributed by atoms with Gasteiger partial charge in [0.2, 0.25) is 0 Å². The molecule has 1 aromatic carbocycles. The van der Waals surface area contributed by atoms with Gasteiger partial charge in [-0.25, -0.2) is 4.98 Å². The van der Waals surface area contributed by atoms with Crippen LogP contribution in [0, 0.1) is 0 Å². The monoisotopic (exact) mass is 351 g/mol. The number of amides is 1. The van der Waals surface area contributed by atoms with Crippen molar-refractivity contribution in [2.75, 3.05) is 20.3 Å². The maximum Gasteiger partial charge on any atom is 0.265 e. The SMILES string of the molecule is COCCCNC(=O)c1cc2cccnc2n(Cc2ccccc2)c1=O. The third-order valence-corrected chi connectivity index (χ3v) is 4.09. The Hall–Kier alpha value is -2.99. The van der Waals surface area contributed by atoms with Crippen molar-refractivity contribution >= 4 is 16.9 Å². The normalized spacial score (nSPS) is 10.8. The predicted octanol–water partition coefficient (Wildman–Crippen LogP) is 2.21. The average Bonchev–Trinajstić information content (AvgIpc) is 2.68. The first-order chi connectivity index (χ1) is 12.7. The first-order valence-electron chi connectivity index (χ1n) is 8.50. The molecule has 2 heterocycles. The fourth-order valence-electron chi connectivity index (χ4n) is 2.80. The number of benzene rings is 1. The summed E-state index contributed by atoms with van der Waals surface area (Å²) in [6.45, 7) is 1.37. The van der Waals surface area contributed by atoms with Gasteiger partial charge in [-0.3, -0.25) is 14.2 Å². The second-order valence-electron chi connectivity index (χ2n) is 5.95. The molecule has 0 aliphatic heterocycles. The molecule has 26 heavy (non-hydrogen) atoms. The molecular formula is C20H21N3O3. The highest BCUT2D eigenvalue weighted by molar-refractivity contribution is 5.96. The number of aromatic nitrogens is 2. The Morgan fingerprint density at radius 3 is 2.77 bits per heavy atom. The number of hydrogen-bond acceptors (Lipinski definition) is 4. The molecule has 3 aromatic rings. The van der Waals surface area contributed by atoms with Crippen LogP contribution >= 0.6 is 0 Å². The van der Waals surface area contributed by atoms with E-state index in [4.69, 9.17) is 4.74 Å². The maximum atomic E-state index is 13.0. The zero-order chi connectivity index (χ0) is 18.4. The summed E-state index contributed by atoms with van der Waals surface area (Å²) in [5, 5.41) is 3.53. The molecule has 6 nitrogen and oxygen atoms in total. The van der Waals surface area contributed by atoms with Gasteiger partial charge >= 0.3 is 0 Å². The van der Waals surface area contributed by atoms with Crippen molar-refractivity contribution in [1.29, 1.82) is 0 Å². The van der Waals surface area contributed by atoms with Crippen molar-refractivity contribution in [1.82, 2.24) is 14.9 Å². The summed E-state index contributed by atoms with van der Waals surface area (Å²) < 4.78 is 6.52. The fourth-order valence-corrected chi connectivity index (χ4v) is 2.80. The summed E-state index contributed by atoms with van der Waals surface area (Å²) in [7, 11) is 1.61. The first-order valence-corrected chi connectivity index (χ1v) is 8.50. The van der Waals surface area contributed by atoms with E-state index in [1.165, 1.54) is 0 Å². The minimum Gasteiger partial charge on any atom is -0.385 e. The number of methoxy groups -OCH3 is 1. The zero-order valence-electron chi connectivity index (χ0n) is 14.6. The van der Waals surface area contributed by atoms with Gasteiger partial charge < -0.3 is 10.1 Å². The number of pyridine rings is 2. The number of rotatable bonds is 7. The number of nitrogens with zero attached hydrogens (tertiary/aromatic N) is 2. The lowest BCUT2D eigenvalue weighted by Crippen LogP contribution is -2.34. The van der Waals surface area contributed by atoms with Crippen LogP contribution in [0.1, 0.15) is 22.3 Å². The molecule has 0 radical (unpaired) electrons. The van der Waals surface area contributed by atoms with Crippen LogP contribution in [-0.4, -0.2) is 35.7 Å². The molecule has 0 saturated heterocycles. The highest BCUT2D eigenvalue weighted by atomic mass is 16.5. The van der Waals surface area contributed by atoms with Crippen LogP contribution in [0.3, 0.4) is 0 Å². The van der Waals surface area contributed by atoms with E-state index in [1.54, 1.807) is 30.0 Å². The molecule has 3 rings (SSSR count). The topological polar surface area (TPSA) is 73.2 Å². The molecular weight excluding hydrogens is 330 g/mol. The van der Waals surface area contributed by atoms with Crippen molar-refractivity contribution in [3.8, 4) is 0 Å². The van der Waals surface area contributed by atoms with E-state index in [-0.39, 0.29) is 17.0 Å². The van der Waals surface area contributed by atoms with Crippen molar-refractivity contribution in [3.05, 3.63) is 76.2 Å². The Labute approximate surface area is 151 Å². The lowest BCUT2D eigenvalue weighted by Gasteiger charge is -2.12. The maximum absolute atomic E-state index is 13.0. The molecule has 0 bridgehead atoms. The summed E-state index contributed by atoms with van der Waals surface area (Å²) in [6, 6.07) is 14.9. The van der Waals surface area contributed by atoms with Gasteiger partial charge in [0.1, 0.15) is 11.2 Å². The largest absolute Gasteiger partial charge is 0.385 e. The first kappa shape index (κ1) is 17.8. The number of carbonyl (C=O) groups excluding carboxylic acids is 1. The van der Waals surface area contributed by atoms with Crippen LogP contribution in [0.2, 0.25) is 0 Å². The highest BCUT2D eigenvalue weighted by Gasteiger charge is 2.16. The van der Waals surface area contributed by atoms with Gasteiger partial charge in [0.15, 0.2) is 0 Å². The summed E-state index contributed by atoms with van der Waals surface area (Å²) in [5.74, 6) is -0.376. The Bertz CT molecular complexity index is 951. The number of carbonyl (C=O) groups is 1. The molecule has 0 atom stereocenters. The van der Waals surface area contributed by atoms with Crippen LogP contribution < -0.4 is 10.9 Å². The predicted molar refractivity (Wildman–Crippen MR) is 100 cm³/mol. The lowest BCUT2D eigenvalue weighted by atomic mass is 10.1. The van der Waals surface area contributed by atoms with Gasteiger partial charge in [0.05, 0.1) is 6.54 Å². The molecule has 0 unspecified atom stereocenters. The number of ether oxygens (including phenoxy) is 1. The zero-order valence-corrected chi connectivity index (χ0v) is 14.6. The lowest BCUT2D eigenvalue weighted by molar-refractivity contribution is 0.0946. The standard InChI is InChI=1S/C20H21N3O3/c1-26-12-6-11-22-19(24)17-13-16-9-5-10-21-18(16)23(20(17)25)14-15-7-3-2-4-8-15/h2-5,7-10,13H,6,11-12,14H2,1H3,(H,22,24). The molecule has 134 valence electrons. The van der Waals surface area contributed by atoms with Crippen LogP contribution in [-0.2, 0) is 11.3 Å². The van der Waals surface area contributed by atoms with Crippen LogP contribution in [0.25, 0.3) is 11.0 Å². The van der Waals surface area contributed by atoms with E-state index in [0.29, 0.717) is 31.8 Å². The minimum absolute atomic E-state index is 0.124. The molecule has 0 spiro atoms. The van der Waals surface area contributed by atoms with E-state index < -0.39 is 0 Å². The van der Waals surface area contributed by atoms with Gasteiger partial charge in [0.25, 0.3) is 11.5 Å². The van der Waals surface area contributed by atoms with Gasteiger partial charge in [0, 0.05) is 31.8 Å². The third-order valence-electron chi connectivity index (χ3n) is 4.09. The molecule has 0 saturated carbocycles. The molecule has 1 N–H and O–H groups in total. The van der Waals surface area contributed by atoms with Crippen molar-refractivity contribution in [2.24, 2.45) is 0 Å². The molecule has 0 fully saturated rings. The highest BCUT2D eigenvalue weighted by Crippen LogP contribution is 2.13. The Morgan fingerprint density at radius 2 is 2.00 bits per heavy atom. The Balaban J connectivity index is 1.98. The van der Waals surface area contributed by atoms with Crippen LogP contribution in [0.5, 0.6) is 0 Å². The number of hydrogen-bond donors (Lipinski definition) is 1. The fraction of sp³-hybridized carbons (Fsp3) is 0.250. The second-order valence-corrected chi connectivity index (χ2v) is 5.95. The van der Waals surface area contributed by atoms with Gasteiger partial charge in [-0.05, 0) is 30.2 Å². The van der Waals surface area contributed by atoms with Crippen LogP contribution in [0.4, 0.5) is 0 Å². The molecule has 1 amide bonds. The van der Waals surface area contributed by atoms with Gasteiger partial charge in [-0.1, -0.05) is 30.3 Å².